The van der Waals surface area contributed by atoms with Crippen LogP contribution in [-0.4, -0.2) is 46.4 Å². The number of amides is 2. The topological polar surface area (TPSA) is 127 Å². The summed E-state index contributed by atoms with van der Waals surface area (Å²) in [6.45, 7) is 4.05. The first kappa shape index (κ1) is 24.5. The van der Waals surface area contributed by atoms with E-state index in [2.05, 4.69) is 13.8 Å². The number of unbranched alkanes of at least 4 members (excludes halogenated alkanes) is 4. The molecule has 7 nitrogen and oxygen atoms in total. The molecule has 5 N–H and O–H groups in total. The molecular formula is C19H37N3O4. The predicted molar refractivity (Wildman–Crippen MR) is 102 cm³/mol. The second-order valence-corrected chi connectivity index (χ2v) is 7.00. The van der Waals surface area contributed by atoms with E-state index >= 15 is 0 Å². The maximum Gasteiger partial charge on any atom is 0.305 e. The highest BCUT2D eigenvalue weighted by atomic mass is 16.4. The Balaban J connectivity index is 4.67. The lowest BCUT2D eigenvalue weighted by atomic mass is 10.0. The molecule has 0 aromatic heterocycles. The summed E-state index contributed by atoms with van der Waals surface area (Å²) in [6.07, 6.45) is 7.40. The van der Waals surface area contributed by atoms with Gasteiger partial charge in [0, 0.05) is 31.5 Å². The van der Waals surface area contributed by atoms with Gasteiger partial charge in [-0.1, -0.05) is 52.4 Å². The van der Waals surface area contributed by atoms with Gasteiger partial charge in [0.2, 0.25) is 11.8 Å². The van der Waals surface area contributed by atoms with Crippen LogP contribution in [0.1, 0.15) is 84.5 Å². The molecule has 0 saturated heterocycles. The molecular weight excluding hydrogens is 334 g/mol. The number of carbonyl (C=O) groups is 3. The van der Waals surface area contributed by atoms with Crippen molar-refractivity contribution in [2.24, 2.45) is 11.5 Å². The molecule has 152 valence electrons. The number of nitrogens with two attached hydrogens (primary N) is 2. The van der Waals surface area contributed by atoms with E-state index in [9.17, 15) is 14.4 Å². The Morgan fingerprint density at radius 2 is 1.27 bits per heavy atom. The molecule has 0 aromatic carbocycles. The van der Waals surface area contributed by atoms with Gasteiger partial charge in [-0.15, -0.1) is 0 Å². The number of hydrogen-bond donors (Lipinski definition) is 3. The van der Waals surface area contributed by atoms with E-state index in [0.29, 0.717) is 0 Å². The van der Waals surface area contributed by atoms with Gasteiger partial charge in [-0.05, 0) is 12.8 Å². The van der Waals surface area contributed by atoms with Gasteiger partial charge >= 0.3 is 5.97 Å². The first-order valence-electron chi connectivity index (χ1n) is 9.87. The maximum atomic E-state index is 12.5. The number of carboxylic acids is 1. The van der Waals surface area contributed by atoms with Gasteiger partial charge in [-0.3, -0.25) is 19.3 Å². The Labute approximate surface area is 157 Å². The summed E-state index contributed by atoms with van der Waals surface area (Å²) in [5.74, 6) is -1.85. The first-order chi connectivity index (χ1) is 12.3. The smallest absolute Gasteiger partial charge is 0.305 e. The highest BCUT2D eigenvalue weighted by molar-refractivity contribution is 5.96. The van der Waals surface area contributed by atoms with E-state index in [-0.39, 0.29) is 37.9 Å². The highest BCUT2D eigenvalue weighted by Gasteiger charge is 2.25. The van der Waals surface area contributed by atoms with Gasteiger partial charge in [0.1, 0.15) is 0 Å². The third kappa shape index (κ3) is 12.0. The summed E-state index contributed by atoms with van der Waals surface area (Å²) in [5, 5.41) is 8.88. The fourth-order valence-corrected chi connectivity index (χ4v) is 2.78. The number of carboxylic acid groups (broad SMARTS) is 1. The summed E-state index contributed by atoms with van der Waals surface area (Å²) in [5.41, 5.74) is 12.0. The van der Waals surface area contributed by atoms with Crippen LogP contribution in [0.3, 0.4) is 0 Å². The fourth-order valence-electron chi connectivity index (χ4n) is 2.78. The molecule has 0 unspecified atom stereocenters. The number of carbonyl (C=O) groups excluding carboxylic acids is 2. The standard InChI is InChI=1S/C19H37N3O4/c1-3-5-7-9-15(20)13-17(23)22(12-11-19(25)26)18(24)14-16(21)10-8-6-4-2/h15-16H,3-14,20-21H2,1-2H3,(H,25,26)/t15-,16-/m0/s1. The zero-order valence-electron chi connectivity index (χ0n) is 16.4. The molecule has 0 saturated carbocycles. The van der Waals surface area contributed by atoms with E-state index in [4.69, 9.17) is 16.6 Å². The lowest BCUT2D eigenvalue weighted by Gasteiger charge is -2.23. The number of imide groups is 1. The van der Waals surface area contributed by atoms with Crippen molar-refractivity contribution in [1.82, 2.24) is 4.90 Å². The molecule has 2 atom stereocenters. The average Bonchev–Trinajstić information content (AvgIpc) is 2.55. The lowest BCUT2D eigenvalue weighted by Crippen LogP contribution is -2.43. The Kier molecular flexibility index (Phi) is 13.8. The third-order valence-corrected chi connectivity index (χ3v) is 4.38. The molecule has 0 spiro atoms. The summed E-state index contributed by atoms with van der Waals surface area (Å²) >= 11 is 0. The van der Waals surface area contributed by atoms with Gasteiger partial charge in [0.05, 0.1) is 6.42 Å². The number of nitrogens with zero attached hydrogens (tertiary/aromatic N) is 1. The van der Waals surface area contributed by atoms with Crippen molar-refractivity contribution in [3.05, 3.63) is 0 Å². The van der Waals surface area contributed by atoms with Crippen LogP contribution in [0.4, 0.5) is 0 Å². The Bertz CT molecular complexity index is 399. The van der Waals surface area contributed by atoms with Gasteiger partial charge in [0.25, 0.3) is 0 Å². The van der Waals surface area contributed by atoms with Crippen molar-refractivity contribution in [1.29, 1.82) is 0 Å². The van der Waals surface area contributed by atoms with E-state index in [1.54, 1.807) is 0 Å². The largest absolute Gasteiger partial charge is 0.481 e. The number of rotatable bonds is 15. The molecule has 0 aliphatic heterocycles. The molecule has 0 bridgehead atoms. The van der Waals surface area contributed by atoms with E-state index in [0.717, 1.165) is 56.3 Å². The molecule has 7 heteroatoms. The average molecular weight is 372 g/mol. The van der Waals surface area contributed by atoms with Crippen LogP contribution >= 0.6 is 0 Å². The van der Waals surface area contributed by atoms with Gasteiger partial charge in [-0.2, -0.15) is 0 Å². The normalized spacial score (nSPS) is 13.2. The van der Waals surface area contributed by atoms with Gasteiger partial charge in [0.15, 0.2) is 0 Å². The van der Waals surface area contributed by atoms with E-state index < -0.39 is 17.8 Å². The Morgan fingerprint density at radius 3 is 1.62 bits per heavy atom. The van der Waals surface area contributed by atoms with Crippen LogP contribution in [0.2, 0.25) is 0 Å². The molecule has 26 heavy (non-hydrogen) atoms. The second kappa shape index (κ2) is 14.7. The monoisotopic (exact) mass is 371 g/mol. The molecule has 0 aliphatic carbocycles. The molecule has 0 aromatic rings. The summed E-state index contributed by atoms with van der Waals surface area (Å²) in [6, 6.07) is -0.625. The third-order valence-electron chi connectivity index (χ3n) is 4.38. The van der Waals surface area contributed by atoms with E-state index in [1.807, 2.05) is 0 Å². The van der Waals surface area contributed by atoms with Crippen LogP contribution in [0.15, 0.2) is 0 Å². The van der Waals surface area contributed by atoms with Crippen molar-refractivity contribution in [3.8, 4) is 0 Å². The SMILES string of the molecule is CCCCC[C@H](N)CC(=O)N(CCC(=O)O)C(=O)C[C@@H](N)CCCCC. The van der Waals surface area contributed by atoms with Crippen LogP contribution in [0.25, 0.3) is 0 Å². The van der Waals surface area contributed by atoms with Crippen LogP contribution in [0, 0.1) is 0 Å². The van der Waals surface area contributed by atoms with Crippen LogP contribution < -0.4 is 11.5 Å². The van der Waals surface area contributed by atoms with Crippen molar-refractivity contribution in [2.45, 2.75) is 96.6 Å². The Hall–Kier alpha value is -1.47. The zero-order valence-corrected chi connectivity index (χ0v) is 16.4. The number of hydrogen-bond acceptors (Lipinski definition) is 5. The zero-order chi connectivity index (χ0) is 19.9. The van der Waals surface area contributed by atoms with Crippen molar-refractivity contribution in [3.63, 3.8) is 0 Å². The minimum Gasteiger partial charge on any atom is -0.481 e. The predicted octanol–water partition coefficient (Wildman–Crippen LogP) is 2.41. The molecule has 0 aliphatic rings. The summed E-state index contributed by atoms with van der Waals surface area (Å²) < 4.78 is 0. The van der Waals surface area contributed by atoms with Gasteiger partial charge in [-0.25, -0.2) is 0 Å². The van der Waals surface area contributed by atoms with Gasteiger partial charge < -0.3 is 16.6 Å². The molecule has 0 heterocycles. The maximum absolute atomic E-state index is 12.5. The summed E-state index contributed by atoms with van der Waals surface area (Å²) in [4.78, 5) is 36.8. The highest BCUT2D eigenvalue weighted by Crippen LogP contribution is 2.11. The molecule has 2 amide bonds. The first-order valence-corrected chi connectivity index (χ1v) is 9.87. The summed E-state index contributed by atoms with van der Waals surface area (Å²) in [7, 11) is 0. The van der Waals surface area contributed by atoms with Crippen LogP contribution in [0.5, 0.6) is 0 Å². The van der Waals surface area contributed by atoms with E-state index in [1.165, 1.54) is 0 Å². The quantitative estimate of drug-likeness (QED) is 0.379. The lowest BCUT2D eigenvalue weighted by molar-refractivity contribution is -0.146. The van der Waals surface area contributed by atoms with Crippen LogP contribution in [-0.2, 0) is 14.4 Å². The molecule has 0 fully saturated rings. The van der Waals surface area contributed by atoms with Crippen molar-refractivity contribution >= 4 is 17.8 Å². The van der Waals surface area contributed by atoms with Crippen molar-refractivity contribution < 1.29 is 19.5 Å². The fraction of sp³-hybridized carbons (Fsp3) is 0.842. The minimum absolute atomic E-state index is 0.0557. The molecule has 0 rings (SSSR count). The number of aliphatic carboxylic acids is 1. The van der Waals surface area contributed by atoms with Crippen molar-refractivity contribution in [2.75, 3.05) is 6.54 Å². The minimum atomic E-state index is -1.05. The Morgan fingerprint density at radius 1 is 0.846 bits per heavy atom. The molecule has 0 radical (unpaired) electrons. The second-order valence-electron chi connectivity index (χ2n) is 7.00.